The standard InChI is InChI=1S/C22H25N5O/c1-22(24-21(28)20-13-23-25-26(20)2)16-27(14-17-9-5-3-6-10-17)15-19(22)18-11-7-4-8-12-18/h3-13,19H,14-16H2,1-2H3,(H,24,28)/t19-,22+/m1/s1. The summed E-state index contributed by atoms with van der Waals surface area (Å²) in [5, 5.41) is 11.0. The normalized spacial score (nSPS) is 22.3. The van der Waals surface area contributed by atoms with Crippen LogP contribution >= 0.6 is 0 Å². The van der Waals surface area contributed by atoms with Crippen LogP contribution in [0.2, 0.25) is 0 Å². The van der Waals surface area contributed by atoms with Gasteiger partial charge in [0.2, 0.25) is 0 Å². The minimum absolute atomic E-state index is 0.141. The summed E-state index contributed by atoms with van der Waals surface area (Å²) < 4.78 is 1.51. The van der Waals surface area contributed by atoms with Crippen LogP contribution in [0.1, 0.15) is 34.5 Å². The van der Waals surface area contributed by atoms with Gasteiger partial charge in [0.15, 0.2) is 0 Å². The number of carbonyl (C=O) groups excluding carboxylic acids is 1. The van der Waals surface area contributed by atoms with Gasteiger partial charge in [-0.2, -0.15) is 0 Å². The van der Waals surface area contributed by atoms with Crippen molar-refractivity contribution in [2.75, 3.05) is 13.1 Å². The highest BCUT2D eigenvalue weighted by Gasteiger charge is 2.45. The summed E-state index contributed by atoms with van der Waals surface area (Å²) >= 11 is 0. The number of nitrogens with zero attached hydrogens (tertiary/aromatic N) is 4. The summed E-state index contributed by atoms with van der Waals surface area (Å²) in [4.78, 5) is 15.3. The molecule has 0 spiro atoms. The third kappa shape index (κ3) is 3.68. The molecule has 2 aromatic carbocycles. The number of amides is 1. The molecule has 0 unspecified atom stereocenters. The van der Waals surface area contributed by atoms with Crippen molar-refractivity contribution in [2.24, 2.45) is 7.05 Å². The molecular formula is C22H25N5O. The number of hydrogen-bond acceptors (Lipinski definition) is 4. The Labute approximate surface area is 165 Å². The van der Waals surface area contributed by atoms with E-state index in [1.165, 1.54) is 22.0 Å². The van der Waals surface area contributed by atoms with Crippen LogP contribution in [0, 0.1) is 0 Å². The van der Waals surface area contributed by atoms with Gasteiger partial charge >= 0.3 is 0 Å². The second-order valence-electron chi connectivity index (χ2n) is 7.73. The Bertz CT molecular complexity index is 940. The van der Waals surface area contributed by atoms with Crippen LogP contribution in [-0.2, 0) is 13.6 Å². The molecule has 0 radical (unpaired) electrons. The lowest BCUT2D eigenvalue weighted by Crippen LogP contribution is -2.51. The van der Waals surface area contributed by atoms with Crippen LogP contribution in [0.4, 0.5) is 0 Å². The van der Waals surface area contributed by atoms with E-state index in [1.807, 2.05) is 12.1 Å². The molecule has 1 N–H and O–H groups in total. The predicted molar refractivity (Wildman–Crippen MR) is 108 cm³/mol. The van der Waals surface area contributed by atoms with Gasteiger partial charge in [-0.15, -0.1) is 5.10 Å². The maximum absolute atomic E-state index is 12.9. The summed E-state index contributed by atoms with van der Waals surface area (Å²) in [5.74, 6) is 0.0556. The summed E-state index contributed by atoms with van der Waals surface area (Å²) in [5.41, 5.74) is 2.59. The minimum atomic E-state index is -0.391. The first kappa shape index (κ1) is 18.4. The molecule has 1 aliphatic rings. The van der Waals surface area contributed by atoms with Crippen LogP contribution in [0.5, 0.6) is 0 Å². The van der Waals surface area contributed by atoms with Crippen molar-refractivity contribution in [1.82, 2.24) is 25.2 Å². The van der Waals surface area contributed by atoms with Gasteiger partial charge in [-0.1, -0.05) is 65.9 Å². The van der Waals surface area contributed by atoms with Gasteiger partial charge in [0.05, 0.1) is 11.7 Å². The highest BCUT2D eigenvalue weighted by Crippen LogP contribution is 2.36. The number of hydrogen-bond donors (Lipinski definition) is 1. The lowest BCUT2D eigenvalue weighted by atomic mass is 9.83. The van der Waals surface area contributed by atoms with Crippen LogP contribution in [0.15, 0.2) is 66.9 Å². The average Bonchev–Trinajstić information content (AvgIpc) is 3.26. The number of rotatable bonds is 5. The van der Waals surface area contributed by atoms with Gasteiger partial charge in [-0.05, 0) is 18.1 Å². The molecule has 6 heteroatoms. The zero-order valence-corrected chi connectivity index (χ0v) is 16.2. The molecule has 1 aliphatic heterocycles. The smallest absolute Gasteiger partial charge is 0.271 e. The fourth-order valence-corrected chi connectivity index (χ4v) is 4.16. The van der Waals surface area contributed by atoms with Crippen molar-refractivity contribution < 1.29 is 4.79 Å². The van der Waals surface area contributed by atoms with Crippen LogP contribution in [-0.4, -0.2) is 44.4 Å². The Balaban J connectivity index is 1.59. The van der Waals surface area contributed by atoms with Gasteiger partial charge in [0.25, 0.3) is 5.91 Å². The molecule has 3 aromatic rings. The largest absolute Gasteiger partial charge is 0.344 e. The van der Waals surface area contributed by atoms with Crippen molar-refractivity contribution in [3.63, 3.8) is 0 Å². The fraction of sp³-hybridized carbons (Fsp3) is 0.318. The van der Waals surface area contributed by atoms with Crippen molar-refractivity contribution >= 4 is 5.91 Å². The van der Waals surface area contributed by atoms with E-state index in [0.29, 0.717) is 5.69 Å². The number of likely N-dealkylation sites (tertiary alicyclic amines) is 1. The minimum Gasteiger partial charge on any atom is -0.344 e. The van der Waals surface area contributed by atoms with E-state index < -0.39 is 5.54 Å². The van der Waals surface area contributed by atoms with E-state index in [9.17, 15) is 4.79 Å². The van der Waals surface area contributed by atoms with Crippen molar-refractivity contribution in [1.29, 1.82) is 0 Å². The van der Waals surface area contributed by atoms with Crippen LogP contribution in [0.3, 0.4) is 0 Å². The fourth-order valence-electron chi connectivity index (χ4n) is 4.16. The maximum Gasteiger partial charge on any atom is 0.271 e. The van der Waals surface area contributed by atoms with Crippen molar-refractivity contribution in [2.45, 2.75) is 24.9 Å². The first-order chi connectivity index (χ1) is 13.5. The Morgan fingerprint density at radius 1 is 1.14 bits per heavy atom. The number of nitrogens with one attached hydrogen (secondary N) is 1. The van der Waals surface area contributed by atoms with Crippen molar-refractivity contribution in [3.8, 4) is 0 Å². The molecular weight excluding hydrogens is 350 g/mol. The number of aromatic nitrogens is 3. The van der Waals surface area contributed by atoms with Crippen molar-refractivity contribution in [3.05, 3.63) is 83.7 Å². The van der Waals surface area contributed by atoms with E-state index in [0.717, 1.165) is 19.6 Å². The van der Waals surface area contributed by atoms with Gasteiger partial charge in [0, 0.05) is 32.6 Å². The van der Waals surface area contributed by atoms with E-state index in [4.69, 9.17) is 0 Å². The molecule has 0 bridgehead atoms. The van der Waals surface area contributed by atoms with E-state index in [2.05, 4.69) is 76.0 Å². The second-order valence-corrected chi connectivity index (χ2v) is 7.73. The monoisotopic (exact) mass is 375 g/mol. The highest BCUT2D eigenvalue weighted by molar-refractivity contribution is 5.92. The first-order valence-electron chi connectivity index (χ1n) is 9.53. The van der Waals surface area contributed by atoms with Gasteiger partial charge < -0.3 is 5.32 Å². The Morgan fingerprint density at radius 3 is 2.46 bits per heavy atom. The SMILES string of the molecule is Cn1nncc1C(=O)N[C@@]1(C)CN(Cc2ccccc2)C[C@@H]1c1ccccc1. The molecule has 0 saturated carbocycles. The van der Waals surface area contributed by atoms with Gasteiger partial charge in [-0.3, -0.25) is 9.69 Å². The number of carbonyl (C=O) groups is 1. The summed E-state index contributed by atoms with van der Waals surface area (Å²) in [6.45, 7) is 4.66. The zero-order valence-electron chi connectivity index (χ0n) is 16.2. The number of benzene rings is 2. The molecule has 1 fully saturated rings. The van der Waals surface area contributed by atoms with E-state index in [1.54, 1.807) is 7.05 Å². The lowest BCUT2D eigenvalue weighted by molar-refractivity contribution is 0.0891. The average molecular weight is 375 g/mol. The lowest BCUT2D eigenvalue weighted by Gasteiger charge is -2.32. The van der Waals surface area contributed by atoms with Crippen LogP contribution < -0.4 is 5.32 Å². The summed E-state index contributed by atoms with van der Waals surface area (Å²) in [6, 6.07) is 20.9. The molecule has 1 saturated heterocycles. The quantitative estimate of drug-likeness (QED) is 0.745. The Hall–Kier alpha value is -2.99. The molecule has 2 atom stereocenters. The molecule has 1 aromatic heterocycles. The third-order valence-corrected chi connectivity index (χ3v) is 5.56. The highest BCUT2D eigenvalue weighted by atomic mass is 16.2. The van der Waals surface area contributed by atoms with Gasteiger partial charge in [-0.25, -0.2) is 4.68 Å². The predicted octanol–water partition coefficient (Wildman–Crippen LogP) is 2.60. The Morgan fingerprint density at radius 2 is 1.82 bits per heavy atom. The molecule has 28 heavy (non-hydrogen) atoms. The molecule has 144 valence electrons. The van der Waals surface area contributed by atoms with E-state index in [-0.39, 0.29) is 11.8 Å². The Kier molecular flexibility index (Phi) is 4.96. The molecule has 0 aliphatic carbocycles. The molecule has 2 heterocycles. The zero-order chi connectivity index (χ0) is 19.6. The second kappa shape index (κ2) is 7.56. The van der Waals surface area contributed by atoms with E-state index >= 15 is 0 Å². The number of aryl methyl sites for hydroxylation is 1. The van der Waals surface area contributed by atoms with Crippen LogP contribution in [0.25, 0.3) is 0 Å². The molecule has 4 rings (SSSR count). The molecule has 1 amide bonds. The summed E-state index contributed by atoms with van der Waals surface area (Å²) in [7, 11) is 1.73. The first-order valence-corrected chi connectivity index (χ1v) is 9.53. The molecule has 6 nitrogen and oxygen atoms in total. The summed E-state index contributed by atoms with van der Waals surface area (Å²) in [6.07, 6.45) is 1.51. The third-order valence-electron chi connectivity index (χ3n) is 5.56. The van der Waals surface area contributed by atoms with Gasteiger partial charge in [0.1, 0.15) is 5.69 Å². The maximum atomic E-state index is 12.9. The topological polar surface area (TPSA) is 63.1 Å².